The zero-order chi connectivity index (χ0) is 11.5. The highest BCUT2D eigenvalue weighted by Crippen LogP contribution is 2.24. The van der Waals surface area contributed by atoms with Crippen molar-refractivity contribution >= 4 is 22.9 Å². The fraction of sp³-hybridized carbons (Fsp3) is 0.167. The highest BCUT2D eigenvalue weighted by Gasteiger charge is 2.04. The van der Waals surface area contributed by atoms with Crippen molar-refractivity contribution in [3.05, 3.63) is 50.9 Å². The van der Waals surface area contributed by atoms with Crippen molar-refractivity contribution in [2.45, 2.75) is 13.5 Å². The molecule has 2 rings (SSSR count). The number of aryl methyl sites for hydroxylation is 1. The molecule has 84 valence electrons. The van der Waals surface area contributed by atoms with Gasteiger partial charge in [-0.2, -0.15) is 0 Å². The molecule has 0 fully saturated rings. The van der Waals surface area contributed by atoms with Crippen LogP contribution in [-0.4, -0.2) is 0 Å². The van der Waals surface area contributed by atoms with Crippen molar-refractivity contribution in [2.75, 3.05) is 0 Å². The molecule has 1 aromatic carbocycles. The van der Waals surface area contributed by atoms with E-state index in [1.807, 2.05) is 13.0 Å². The summed E-state index contributed by atoms with van der Waals surface area (Å²) in [6, 6.07) is 8.49. The van der Waals surface area contributed by atoms with E-state index in [0.717, 1.165) is 10.4 Å². The summed E-state index contributed by atoms with van der Waals surface area (Å²) >= 11 is 7.22. The molecule has 2 aromatic rings. The van der Waals surface area contributed by atoms with Crippen LogP contribution in [-0.2, 0) is 6.61 Å². The molecular weight excluding hydrogens is 247 g/mol. The molecule has 0 N–H and O–H groups in total. The molecule has 0 aliphatic rings. The summed E-state index contributed by atoms with van der Waals surface area (Å²) in [6.07, 6.45) is 0. The van der Waals surface area contributed by atoms with Crippen LogP contribution in [0.4, 0.5) is 4.39 Å². The van der Waals surface area contributed by atoms with Crippen molar-refractivity contribution in [2.24, 2.45) is 0 Å². The molecular formula is C12H10ClFOS. The van der Waals surface area contributed by atoms with E-state index in [9.17, 15) is 4.39 Å². The van der Waals surface area contributed by atoms with Gasteiger partial charge in [0.2, 0.25) is 0 Å². The first-order valence-electron chi connectivity index (χ1n) is 4.78. The molecule has 1 aromatic heterocycles. The largest absolute Gasteiger partial charge is 0.485 e. The van der Waals surface area contributed by atoms with E-state index in [0.29, 0.717) is 10.9 Å². The number of benzene rings is 1. The Balaban J connectivity index is 2.07. The third-order valence-electron chi connectivity index (χ3n) is 2.09. The zero-order valence-corrected chi connectivity index (χ0v) is 10.2. The zero-order valence-electron chi connectivity index (χ0n) is 8.67. The van der Waals surface area contributed by atoms with Crippen LogP contribution in [0.3, 0.4) is 0 Å². The van der Waals surface area contributed by atoms with E-state index in [1.165, 1.54) is 17.4 Å². The fourth-order valence-corrected chi connectivity index (χ4v) is 2.30. The minimum atomic E-state index is -0.340. The number of halogens is 2. The Labute approximate surface area is 102 Å². The van der Waals surface area contributed by atoms with Crippen molar-refractivity contribution in [1.82, 2.24) is 0 Å². The first kappa shape index (κ1) is 11.4. The molecule has 0 radical (unpaired) electrons. The second kappa shape index (κ2) is 4.85. The summed E-state index contributed by atoms with van der Waals surface area (Å²) in [5.41, 5.74) is 0.973. The van der Waals surface area contributed by atoms with Gasteiger partial charge < -0.3 is 4.74 Å². The minimum absolute atomic E-state index is 0.282. The molecule has 1 nitrogen and oxygen atoms in total. The van der Waals surface area contributed by atoms with Crippen LogP contribution >= 0.6 is 22.9 Å². The Morgan fingerprint density at radius 1 is 1.31 bits per heavy atom. The second-order valence-corrected chi connectivity index (χ2v) is 5.23. The summed E-state index contributed by atoms with van der Waals surface area (Å²) in [7, 11) is 0. The van der Waals surface area contributed by atoms with Crippen LogP contribution in [0.5, 0.6) is 5.75 Å². The van der Waals surface area contributed by atoms with Gasteiger partial charge in [-0.25, -0.2) is 4.39 Å². The van der Waals surface area contributed by atoms with Crippen LogP contribution in [0.25, 0.3) is 0 Å². The van der Waals surface area contributed by atoms with Gasteiger partial charge in [-0.05, 0) is 36.8 Å². The maximum Gasteiger partial charge on any atom is 0.165 e. The lowest BCUT2D eigenvalue weighted by atomic mass is 10.2. The normalized spacial score (nSPS) is 10.4. The van der Waals surface area contributed by atoms with E-state index < -0.39 is 0 Å². The summed E-state index contributed by atoms with van der Waals surface area (Å²) < 4.78 is 19.4. The molecule has 0 saturated carbocycles. The maximum atomic E-state index is 13.3. The van der Waals surface area contributed by atoms with Gasteiger partial charge in [0.15, 0.2) is 11.6 Å². The van der Waals surface area contributed by atoms with Crippen molar-refractivity contribution in [3.63, 3.8) is 0 Å². The number of hydrogen-bond donors (Lipinski definition) is 0. The highest BCUT2D eigenvalue weighted by molar-refractivity contribution is 7.16. The molecule has 0 aliphatic heterocycles. The Morgan fingerprint density at radius 2 is 2.12 bits per heavy atom. The average molecular weight is 257 g/mol. The van der Waals surface area contributed by atoms with Gasteiger partial charge in [0.1, 0.15) is 6.61 Å². The Morgan fingerprint density at radius 3 is 2.81 bits per heavy atom. The first-order chi connectivity index (χ1) is 7.65. The molecule has 0 bridgehead atoms. The standard InChI is InChI=1S/C12H10ClFOS/c1-8-2-4-10(14)11(6-8)15-7-9-3-5-12(13)16-9/h2-6H,7H2,1H3. The molecule has 0 atom stereocenters. The van der Waals surface area contributed by atoms with E-state index in [1.54, 1.807) is 18.2 Å². The fourth-order valence-electron chi connectivity index (χ4n) is 1.30. The second-order valence-electron chi connectivity index (χ2n) is 3.43. The monoisotopic (exact) mass is 256 g/mol. The van der Waals surface area contributed by atoms with Crippen LogP contribution in [0.1, 0.15) is 10.4 Å². The number of hydrogen-bond acceptors (Lipinski definition) is 2. The van der Waals surface area contributed by atoms with Gasteiger partial charge in [0.05, 0.1) is 4.34 Å². The summed E-state index contributed by atoms with van der Waals surface area (Å²) in [5.74, 6) is -0.0576. The Bertz CT molecular complexity index is 496. The topological polar surface area (TPSA) is 9.23 Å². The van der Waals surface area contributed by atoms with Gasteiger partial charge in [-0.3, -0.25) is 0 Å². The average Bonchev–Trinajstić information content (AvgIpc) is 2.66. The number of ether oxygens (including phenoxy) is 1. The Hall–Kier alpha value is -1.06. The summed E-state index contributed by atoms with van der Waals surface area (Å²) in [6.45, 7) is 2.24. The van der Waals surface area contributed by atoms with Crippen LogP contribution < -0.4 is 4.74 Å². The molecule has 4 heteroatoms. The third-order valence-corrected chi connectivity index (χ3v) is 3.29. The van der Waals surface area contributed by atoms with Gasteiger partial charge in [-0.1, -0.05) is 17.7 Å². The van der Waals surface area contributed by atoms with Crippen molar-refractivity contribution < 1.29 is 9.13 Å². The van der Waals surface area contributed by atoms with Gasteiger partial charge in [0, 0.05) is 4.88 Å². The lowest BCUT2D eigenvalue weighted by Gasteiger charge is -2.06. The third kappa shape index (κ3) is 2.74. The lowest BCUT2D eigenvalue weighted by Crippen LogP contribution is -1.95. The molecule has 16 heavy (non-hydrogen) atoms. The highest BCUT2D eigenvalue weighted by atomic mass is 35.5. The maximum absolute atomic E-state index is 13.3. The van der Waals surface area contributed by atoms with Crippen LogP contribution in [0.2, 0.25) is 4.34 Å². The van der Waals surface area contributed by atoms with Gasteiger partial charge in [-0.15, -0.1) is 11.3 Å². The van der Waals surface area contributed by atoms with Crippen molar-refractivity contribution in [3.8, 4) is 5.75 Å². The van der Waals surface area contributed by atoms with Gasteiger partial charge >= 0.3 is 0 Å². The van der Waals surface area contributed by atoms with Crippen LogP contribution in [0.15, 0.2) is 30.3 Å². The van der Waals surface area contributed by atoms with Crippen LogP contribution in [0, 0.1) is 12.7 Å². The quantitative estimate of drug-likeness (QED) is 0.790. The molecule has 1 heterocycles. The molecule has 0 spiro atoms. The Kier molecular flexibility index (Phi) is 3.46. The van der Waals surface area contributed by atoms with Gasteiger partial charge in [0.25, 0.3) is 0 Å². The first-order valence-corrected chi connectivity index (χ1v) is 5.98. The SMILES string of the molecule is Cc1ccc(F)c(OCc2ccc(Cl)s2)c1. The summed E-state index contributed by atoms with van der Waals surface area (Å²) in [4.78, 5) is 0.978. The lowest BCUT2D eigenvalue weighted by molar-refractivity contribution is 0.293. The molecule has 0 aliphatic carbocycles. The van der Waals surface area contributed by atoms with E-state index in [4.69, 9.17) is 16.3 Å². The van der Waals surface area contributed by atoms with E-state index in [-0.39, 0.29) is 11.6 Å². The number of thiophene rings is 1. The number of rotatable bonds is 3. The van der Waals surface area contributed by atoms with E-state index >= 15 is 0 Å². The predicted octanol–water partition coefficient (Wildman–Crippen LogP) is 4.43. The predicted molar refractivity (Wildman–Crippen MR) is 64.8 cm³/mol. The smallest absolute Gasteiger partial charge is 0.165 e. The van der Waals surface area contributed by atoms with E-state index in [2.05, 4.69) is 0 Å². The summed E-state index contributed by atoms with van der Waals surface area (Å²) in [5, 5.41) is 0. The molecule has 0 amide bonds. The molecule has 0 saturated heterocycles. The van der Waals surface area contributed by atoms with Crippen molar-refractivity contribution in [1.29, 1.82) is 0 Å². The molecule has 0 unspecified atom stereocenters. The minimum Gasteiger partial charge on any atom is -0.485 e.